The average Bonchev–Trinajstić information content (AvgIpc) is 2.78. The molecule has 0 aromatic heterocycles. The summed E-state index contributed by atoms with van der Waals surface area (Å²) in [6, 6.07) is 3.72. The Morgan fingerprint density at radius 3 is 2.58 bits per heavy atom. The number of carbonyl (C=O) groups excluding carboxylic acids is 1. The van der Waals surface area contributed by atoms with Crippen molar-refractivity contribution in [2.24, 2.45) is 5.73 Å². The molecular formula is C13H15FN2O2S. The molecule has 1 aliphatic rings. The monoisotopic (exact) mass is 282 g/mol. The van der Waals surface area contributed by atoms with Crippen molar-refractivity contribution in [2.75, 3.05) is 0 Å². The molecule has 6 heteroatoms. The predicted molar refractivity (Wildman–Crippen MR) is 73.5 cm³/mol. The van der Waals surface area contributed by atoms with Crippen LogP contribution in [0.1, 0.15) is 36.0 Å². The van der Waals surface area contributed by atoms with Crippen LogP contribution in [-0.2, 0) is 0 Å². The molecule has 0 saturated heterocycles. The summed E-state index contributed by atoms with van der Waals surface area (Å²) < 4.78 is 13.6. The summed E-state index contributed by atoms with van der Waals surface area (Å²) in [6.45, 7) is 0. The minimum atomic E-state index is -0.770. The number of phenols is 1. The number of nitrogens with one attached hydrogen (secondary N) is 1. The number of hydrogen-bond donors (Lipinski definition) is 3. The van der Waals surface area contributed by atoms with Crippen LogP contribution in [0.15, 0.2) is 18.2 Å². The quantitative estimate of drug-likeness (QED) is 0.740. The third-order valence-electron chi connectivity index (χ3n) is 3.50. The van der Waals surface area contributed by atoms with Crippen LogP contribution < -0.4 is 11.1 Å². The van der Waals surface area contributed by atoms with Crippen molar-refractivity contribution in [1.29, 1.82) is 0 Å². The zero-order chi connectivity index (χ0) is 14.0. The van der Waals surface area contributed by atoms with Crippen molar-refractivity contribution in [3.63, 3.8) is 0 Å². The lowest BCUT2D eigenvalue weighted by Gasteiger charge is -2.29. The van der Waals surface area contributed by atoms with Crippen molar-refractivity contribution < 1.29 is 14.3 Å². The van der Waals surface area contributed by atoms with E-state index in [0.717, 1.165) is 18.9 Å². The van der Waals surface area contributed by atoms with Gasteiger partial charge in [-0.3, -0.25) is 4.79 Å². The number of halogens is 1. The second-order valence-electron chi connectivity index (χ2n) is 4.74. The first-order valence-electron chi connectivity index (χ1n) is 6.06. The molecule has 1 saturated carbocycles. The smallest absolute Gasteiger partial charge is 0.258 e. The molecule has 0 unspecified atom stereocenters. The summed E-state index contributed by atoms with van der Waals surface area (Å²) in [6.07, 6.45) is 3.09. The lowest BCUT2D eigenvalue weighted by molar-refractivity contribution is 0.0917. The number of amides is 1. The maximum Gasteiger partial charge on any atom is 0.258 e. The number of aromatic hydroxyl groups is 1. The maximum atomic E-state index is 13.6. The number of nitrogens with two attached hydrogens (primary N) is 1. The van der Waals surface area contributed by atoms with Crippen LogP contribution in [0.4, 0.5) is 4.39 Å². The van der Waals surface area contributed by atoms with Gasteiger partial charge in [0.15, 0.2) is 0 Å². The Morgan fingerprint density at radius 1 is 1.42 bits per heavy atom. The predicted octanol–water partition coefficient (Wildman–Crippen LogP) is 1.86. The first-order chi connectivity index (χ1) is 8.96. The van der Waals surface area contributed by atoms with E-state index >= 15 is 0 Å². The van der Waals surface area contributed by atoms with Crippen LogP contribution in [0, 0.1) is 5.82 Å². The van der Waals surface area contributed by atoms with E-state index in [9.17, 15) is 14.3 Å². The number of thiocarbonyl (C=S) groups is 1. The Morgan fingerprint density at radius 2 is 2.05 bits per heavy atom. The molecule has 4 nitrogen and oxygen atoms in total. The van der Waals surface area contributed by atoms with E-state index in [2.05, 4.69) is 5.32 Å². The normalized spacial score (nSPS) is 17.1. The van der Waals surface area contributed by atoms with E-state index < -0.39 is 23.0 Å². The van der Waals surface area contributed by atoms with Gasteiger partial charge in [0, 0.05) is 0 Å². The number of benzene rings is 1. The summed E-state index contributed by atoms with van der Waals surface area (Å²) in [5.74, 6) is -1.85. The highest BCUT2D eigenvalue weighted by atomic mass is 32.1. The average molecular weight is 282 g/mol. The first kappa shape index (κ1) is 13.7. The minimum absolute atomic E-state index is 0.203. The second-order valence-corrected chi connectivity index (χ2v) is 5.18. The topological polar surface area (TPSA) is 75.3 Å². The highest BCUT2D eigenvalue weighted by Crippen LogP contribution is 2.31. The van der Waals surface area contributed by atoms with Gasteiger partial charge in [0.2, 0.25) is 0 Å². The van der Waals surface area contributed by atoms with Gasteiger partial charge in [0.05, 0.1) is 10.5 Å². The molecule has 19 heavy (non-hydrogen) atoms. The Kier molecular flexibility index (Phi) is 3.71. The van der Waals surface area contributed by atoms with E-state index in [1.807, 2.05) is 0 Å². The molecule has 0 bridgehead atoms. The van der Waals surface area contributed by atoms with Crippen LogP contribution in [0.3, 0.4) is 0 Å². The molecule has 1 aromatic rings. The van der Waals surface area contributed by atoms with Gasteiger partial charge in [-0.15, -0.1) is 0 Å². The van der Waals surface area contributed by atoms with Gasteiger partial charge in [-0.25, -0.2) is 4.39 Å². The Hall–Kier alpha value is -1.69. The fourth-order valence-corrected chi connectivity index (χ4v) is 2.68. The lowest BCUT2D eigenvalue weighted by Crippen LogP contribution is -2.54. The molecule has 4 N–H and O–H groups in total. The van der Waals surface area contributed by atoms with Crippen LogP contribution in [0.2, 0.25) is 0 Å². The summed E-state index contributed by atoms with van der Waals surface area (Å²) in [7, 11) is 0. The molecule has 0 atom stereocenters. The van der Waals surface area contributed by atoms with E-state index in [0.29, 0.717) is 12.8 Å². The molecular weight excluding hydrogens is 267 g/mol. The SMILES string of the molecule is NC(=S)C1(NC(=O)c2c(O)cccc2F)CCCC1. The zero-order valence-corrected chi connectivity index (χ0v) is 11.1. The third-order valence-corrected chi connectivity index (χ3v) is 3.89. The second kappa shape index (κ2) is 5.13. The fraction of sp³-hybridized carbons (Fsp3) is 0.385. The maximum absolute atomic E-state index is 13.6. The lowest BCUT2D eigenvalue weighted by atomic mass is 9.96. The first-order valence-corrected chi connectivity index (χ1v) is 6.47. The van der Waals surface area contributed by atoms with E-state index in [-0.39, 0.29) is 10.6 Å². The Labute approximate surface area is 115 Å². The van der Waals surface area contributed by atoms with E-state index in [1.54, 1.807) is 0 Å². The van der Waals surface area contributed by atoms with Crippen LogP contribution in [-0.4, -0.2) is 21.5 Å². The summed E-state index contributed by atoms with van der Waals surface area (Å²) >= 11 is 5.01. The van der Waals surface area contributed by atoms with Gasteiger partial charge < -0.3 is 16.2 Å². The standard InChI is InChI=1S/C13H15FN2O2S/c14-8-4-3-5-9(17)10(8)11(18)16-13(12(15)19)6-1-2-7-13/h3-5,17H,1-2,6-7H2,(H2,15,19)(H,16,18). The van der Waals surface area contributed by atoms with Crippen molar-refractivity contribution >= 4 is 23.1 Å². The number of carbonyl (C=O) groups is 1. The van der Waals surface area contributed by atoms with Crippen LogP contribution in [0.25, 0.3) is 0 Å². The molecule has 1 aliphatic carbocycles. The zero-order valence-electron chi connectivity index (χ0n) is 10.3. The molecule has 0 radical (unpaired) electrons. The third kappa shape index (κ3) is 2.53. The highest BCUT2D eigenvalue weighted by molar-refractivity contribution is 7.80. The van der Waals surface area contributed by atoms with Gasteiger partial charge in [-0.1, -0.05) is 31.1 Å². The van der Waals surface area contributed by atoms with Crippen molar-refractivity contribution in [3.05, 3.63) is 29.6 Å². The van der Waals surface area contributed by atoms with Crippen molar-refractivity contribution in [2.45, 2.75) is 31.2 Å². The summed E-state index contributed by atoms with van der Waals surface area (Å²) in [5, 5.41) is 12.3. The summed E-state index contributed by atoms with van der Waals surface area (Å²) in [4.78, 5) is 12.3. The molecule has 1 aromatic carbocycles. The minimum Gasteiger partial charge on any atom is -0.507 e. The molecule has 2 rings (SSSR count). The Bertz CT molecular complexity index is 507. The largest absolute Gasteiger partial charge is 0.507 e. The van der Waals surface area contributed by atoms with Crippen LogP contribution in [0.5, 0.6) is 5.75 Å². The molecule has 0 aliphatic heterocycles. The van der Waals surface area contributed by atoms with Gasteiger partial charge in [0.25, 0.3) is 5.91 Å². The number of phenolic OH excluding ortho intramolecular Hbond substituents is 1. The molecule has 0 spiro atoms. The van der Waals surface area contributed by atoms with Gasteiger partial charge in [-0.05, 0) is 25.0 Å². The van der Waals surface area contributed by atoms with Gasteiger partial charge >= 0.3 is 0 Å². The molecule has 102 valence electrons. The van der Waals surface area contributed by atoms with Crippen molar-refractivity contribution in [1.82, 2.24) is 5.32 Å². The summed E-state index contributed by atoms with van der Waals surface area (Å²) in [5.41, 5.74) is 4.56. The Balaban J connectivity index is 2.28. The van der Waals surface area contributed by atoms with Gasteiger partial charge in [0.1, 0.15) is 17.1 Å². The fourth-order valence-electron chi connectivity index (χ4n) is 2.43. The molecule has 0 heterocycles. The van der Waals surface area contributed by atoms with Crippen molar-refractivity contribution in [3.8, 4) is 5.75 Å². The molecule has 1 fully saturated rings. The molecule has 1 amide bonds. The van der Waals surface area contributed by atoms with Gasteiger partial charge in [-0.2, -0.15) is 0 Å². The van der Waals surface area contributed by atoms with E-state index in [1.165, 1.54) is 12.1 Å². The van der Waals surface area contributed by atoms with Crippen LogP contribution >= 0.6 is 12.2 Å². The van der Waals surface area contributed by atoms with E-state index in [4.69, 9.17) is 18.0 Å². The number of rotatable bonds is 3. The number of hydrogen-bond acceptors (Lipinski definition) is 3. The highest BCUT2D eigenvalue weighted by Gasteiger charge is 2.39.